The van der Waals surface area contributed by atoms with Crippen LogP contribution in [0.15, 0.2) is 10.5 Å². The highest BCUT2D eigenvalue weighted by Gasteiger charge is 2.24. The van der Waals surface area contributed by atoms with Crippen molar-refractivity contribution in [1.29, 1.82) is 0 Å². The van der Waals surface area contributed by atoms with Crippen LogP contribution in [0.25, 0.3) is 0 Å². The molecule has 1 atom stereocenters. The van der Waals surface area contributed by atoms with Crippen LogP contribution in [-0.4, -0.2) is 12.6 Å². The lowest BCUT2D eigenvalue weighted by atomic mass is 10.0. The lowest BCUT2D eigenvalue weighted by Gasteiger charge is -2.37. The topological polar surface area (TPSA) is 55.3 Å². The Morgan fingerprint density at radius 3 is 2.76 bits per heavy atom. The van der Waals surface area contributed by atoms with Crippen molar-refractivity contribution in [3.8, 4) is 0 Å². The maximum absolute atomic E-state index is 6.07. The van der Waals surface area contributed by atoms with Gasteiger partial charge in [0.15, 0.2) is 0 Å². The minimum absolute atomic E-state index is 0.489. The van der Waals surface area contributed by atoms with Gasteiger partial charge in [0, 0.05) is 12.6 Å². The Hall–Kier alpha value is -0.610. The molecule has 1 aliphatic heterocycles. The summed E-state index contributed by atoms with van der Waals surface area (Å²) >= 11 is 9.53. The zero-order chi connectivity index (χ0) is 12.6. The molecule has 5 heteroatoms. The molecule has 94 valence electrons. The molecule has 0 bridgehead atoms. The number of rotatable bonds is 1. The molecule has 0 amide bonds. The zero-order valence-corrected chi connectivity index (χ0v) is 12.2. The van der Waals surface area contributed by atoms with Crippen molar-refractivity contribution in [2.45, 2.75) is 32.2 Å². The van der Waals surface area contributed by atoms with Gasteiger partial charge >= 0.3 is 0 Å². The molecule has 1 aromatic carbocycles. The van der Waals surface area contributed by atoms with E-state index in [9.17, 15) is 0 Å². The number of nitrogens with zero attached hydrogens (tertiary/aromatic N) is 1. The van der Waals surface area contributed by atoms with Gasteiger partial charge in [0.25, 0.3) is 0 Å². The summed E-state index contributed by atoms with van der Waals surface area (Å²) in [6.45, 7) is 3.24. The summed E-state index contributed by atoms with van der Waals surface area (Å²) in [5.41, 5.74) is 14.2. The summed E-state index contributed by atoms with van der Waals surface area (Å²) in [6.07, 6.45) is 3.66. The van der Waals surface area contributed by atoms with E-state index in [0.29, 0.717) is 22.4 Å². The van der Waals surface area contributed by atoms with Gasteiger partial charge in [0.05, 0.1) is 26.6 Å². The van der Waals surface area contributed by atoms with Crippen LogP contribution in [0.1, 0.15) is 26.2 Å². The molecule has 1 heterocycles. The minimum atomic E-state index is 0.489. The van der Waals surface area contributed by atoms with E-state index in [1.807, 2.05) is 0 Å². The molecule has 4 N–H and O–H groups in total. The van der Waals surface area contributed by atoms with Crippen LogP contribution in [0, 0.1) is 0 Å². The predicted molar refractivity (Wildman–Crippen MR) is 78.6 cm³/mol. The molecule has 1 aliphatic rings. The number of hydrogen-bond acceptors (Lipinski definition) is 3. The molecule has 17 heavy (non-hydrogen) atoms. The van der Waals surface area contributed by atoms with Crippen LogP contribution in [0.3, 0.4) is 0 Å². The van der Waals surface area contributed by atoms with Gasteiger partial charge in [-0.2, -0.15) is 0 Å². The van der Waals surface area contributed by atoms with Crippen molar-refractivity contribution < 1.29 is 0 Å². The summed E-state index contributed by atoms with van der Waals surface area (Å²) in [5, 5.41) is 0.503. The van der Waals surface area contributed by atoms with E-state index in [1.54, 1.807) is 6.07 Å². The smallest absolute Gasteiger partial charge is 0.0768 e. The first-order valence-electron chi connectivity index (χ1n) is 5.82. The fourth-order valence-electron chi connectivity index (χ4n) is 2.36. The summed E-state index contributed by atoms with van der Waals surface area (Å²) < 4.78 is 0.816. The van der Waals surface area contributed by atoms with E-state index in [0.717, 1.165) is 16.7 Å². The first-order valence-corrected chi connectivity index (χ1v) is 6.99. The minimum Gasteiger partial charge on any atom is -0.397 e. The van der Waals surface area contributed by atoms with Crippen molar-refractivity contribution in [3.63, 3.8) is 0 Å². The van der Waals surface area contributed by atoms with E-state index in [-0.39, 0.29) is 0 Å². The van der Waals surface area contributed by atoms with Gasteiger partial charge in [0.1, 0.15) is 0 Å². The molecule has 3 nitrogen and oxygen atoms in total. The predicted octanol–water partition coefficient (Wildman–Crippen LogP) is 3.65. The van der Waals surface area contributed by atoms with Crippen molar-refractivity contribution in [1.82, 2.24) is 0 Å². The molecule has 2 rings (SSSR count). The molecule has 1 fully saturated rings. The van der Waals surface area contributed by atoms with Crippen LogP contribution in [0.5, 0.6) is 0 Å². The summed E-state index contributed by atoms with van der Waals surface area (Å²) in [6, 6.07) is 2.22. The van der Waals surface area contributed by atoms with E-state index in [2.05, 4.69) is 27.8 Å². The lowest BCUT2D eigenvalue weighted by Crippen LogP contribution is -2.38. The maximum Gasteiger partial charge on any atom is 0.0768 e. The van der Waals surface area contributed by atoms with Crippen LogP contribution in [0.4, 0.5) is 17.1 Å². The van der Waals surface area contributed by atoms with Gasteiger partial charge in [-0.3, -0.25) is 0 Å². The second kappa shape index (κ2) is 4.94. The van der Waals surface area contributed by atoms with E-state index < -0.39 is 0 Å². The van der Waals surface area contributed by atoms with Gasteiger partial charge in [-0.25, -0.2) is 0 Å². The van der Waals surface area contributed by atoms with Crippen molar-refractivity contribution in [2.24, 2.45) is 0 Å². The number of nitrogens with two attached hydrogens (primary N) is 2. The molecule has 1 aromatic rings. The Kier molecular flexibility index (Phi) is 3.73. The standard InChI is InChI=1S/C12H17BrClN3/c1-7-4-2-3-5-17(7)12-9(15)6-8(14)11(16)10(12)13/h6-7H,2-5,15-16H2,1H3/t7-/m1/s1. The number of halogens is 2. The van der Waals surface area contributed by atoms with Crippen LogP contribution in [-0.2, 0) is 0 Å². The first kappa shape index (κ1) is 12.8. The van der Waals surface area contributed by atoms with Gasteiger partial charge < -0.3 is 16.4 Å². The van der Waals surface area contributed by atoms with Gasteiger partial charge in [0.2, 0.25) is 0 Å². The average Bonchev–Trinajstić information content (AvgIpc) is 2.29. The monoisotopic (exact) mass is 317 g/mol. The second-order valence-corrected chi connectivity index (χ2v) is 5.76. The number of nitrogen functional groups attached to an aromatic ring is 2. The third-order valence-corrected chi connectivity index (χ3v) is 4.46. The highest BCUT2D eigenvalue weighted by Crippen LogP contribution is 2.43. The molecule has 0 unspecified atom stereocenters. The normalized spacial score (nSPS) is 20.6. The quantitative estimate of drug-likeness (QED) is 0.777. The Labute approximate surface area is 115 Å². The molecule has 0 saturated carbocycles. The Morgan fingerprint density at radius 1 is 1.41 bits per heavy atom. The Bertz CT molecular complexity index is 436. The molecule has 0 aromatic heterocycles. The van der Waals surface area contributed by atoms with E-state index in [1.165, 1.54) is 19.3 Å². The average molecular weight is 319 g/mol. The van der Waals surface area contributed by atoms with Gasteiger partial charge in [-0.1, -0.05) is 11.6 Å². The van der Waals surface area contributed by atoms with Crippen LogP contribution in [0.2, 0.25) is 5.02 Å². The van der Waals surface area contributed by atoms with E-state index in [4.69, 9.17) is 23.1 Å². The fraction of sp³-hybridized carbons (Fsp3) is 0.500. The largest absolute Gasteiger partial charge is 0.397 e. The number of anilines is 3. The molecule has 1 saturated heterocycles. The third kappa shape index (κ3) is 2.33. The number of piperidine rings is 1. The first-order chi connectivity index (χ1) is 8.02. The van der Waals surface area contributed by atoms with Crippen molar-refractivity contribution >= 4 is 44.6 Å². The van der Waals surface area contributed by atoms with Crippen molar-refractivity contribution in [2.75, 3.05) is 22.9 Å². The van der Waals surface area contributed by atoms with Crippen LogP contribution >= 0.6 is 27.5 Å². The Balaban J connectivity index is 2.47. The zero-order valence-electron chi connectivity index (χ0n) is 9.84. The number of benzene rings is 1. The molecular formula is C12H17BrClN3. The summed E-state index contributed by atoms with van der Waals surface area (Å²) in [5.74, 6) is 0. The van der Waals surface area contributed by atoms with Crippen LogP contribution < -0.4 is 16.4 Å². The second-order valence-electron chi connectivity index (χ2n) is 4.56. The lowest BCUT2D eigenvalue weighted by molar-refractivity contribution is 0.485. The van der Waals surface area contributed by atoms with Crippen molar-refractivity contribution in [3.05, 3.63) is 15.6 Å². The van der Waals surface area contributed by atoms with E-state index >= 15 is 0 Å². The van der Waals surface area contributed by atoms with Gasteiger partial charge in [-0.15, -0.1) is 0 Å². The summed E-state index contributed by atoms with van der Waals surface area (Å²) in [4.78, 5) is 2.32. The summed E-state index contributed by atoms with van der Waals surface area (Å²) in [7, 11) is 0. The maximum atomic E-state index is 6.07. The SMILES string of the molecule is C[C@@H]1CCCCN1c1c(N)cc(Cl)c(N)c1Br. The highest BCUT2D eigenvalue weighted by molar-refractivity contribution is 9.10. The Morgan fingerprint density at radius 2 is 2.12 bits per heavy atom. The van der Waals surface area contributed by atoms with Gasteiger partial charge in [-0.05, 0) is 48.2 Å². The molecular weight excluding hydrogens is 302 g/mol. The number of hydrogen-bond donors (Lipinski definition) is 2. The fourth-order valence-corrected chi connectivity index (χ4v) is 3.36. The molecule has 0 aliphatic carbocycles. The molecule has 0 spiro atoms. The molecule has 0 radical (unpaired) electrons. The third-order valence-electron chi connectivity index (χ3n) is 3.35. The highest BCUT2D eigenvalue weighted by atomic mass is 79.9.